The van der Waals surface area contributed by atoms with Crippen molar-refractivity contribution in [2.75, 3.05) is 20.6 Å². The van der Waals surface area contributed by atoms with E-state index in [-0.39, 0.29) is 30.4 Å². The monoisotopic (exact) mass is 394 g/mol. The summed E-state index contributed by atoms with van der Waals surface area (Å²) in [4.78, 5) is 2.43. The van der Waals surface area contributed by atoms with E-state index in [0.29, 0.717) is 6.04 Å². The summed E-state index contributed by atoms with van der Waals surface area (Å²) >= 11 is 0. The molecule has 2 aromatic carbocycles. The lowest BCUT2D eigenvalue weighted by molar-refractivity contribution is 0.0858. The van der Waals surface area contributed by atoms with Gasteiger partial charge in [0.05, 0.1) is 0 Å². The number of halogens is 2. The molecule has 1 aliphatic rings. The van der Waals surface area contributed by atoms with Crippen LogP contribution in [0.3, 0.4) is 0 Å². The van der Waals surface area contributed by atoms with Gasteiger partial charge in [-0.25, -0.2) is 0 Å². The van der Waals surface area contributed by atoms with Gasteiger partial charge in [-0.05, 0) is 63.9 Å². The van der Waals surface area contributed by atoms with Crippen molar-refractivity contribution in [1.29, 1.82) is 0 Å². The molecule has 0 atom stereocenters. The molecule has 0 saturated heterocycles. The van der Waals surface area contributed by atoms with Crippen LogP contribution in [0.25, 0.3) is 0 Å². The number of hydrogen-bond donors (Lipinski definition) is 1. The van der Waals surface area contributed by atoms with E-state index in [0.717, 1.165) is 13.0 Å². The zero-order valence-corrected chi connectivity index (χ0v) is 17.5. The summed E-state index contributed by atoms with van der Waals surface area (Å²) in [6.07, 6.45) is 6.08. The molecule has 0 unspecified atom stereocenters. The molecule has 0 aromatic heterocycles. The lowest BCUT2D eigenvalue weighted by Crippen LogP contribution is -2.48. The topological polar surface area (TPSA) is 15.3 Å². The normalized spacial score (nSPS) is 22.3. The minimum atomic E-state index is 0. The van der Waals surface area contributed by atoms with Gasteiger partial charge in [0.25, 0.3) is 0 Å². The average Bonchev–Trinajstić information content (AvgIpc) is 2.64. The van der Waals surface area contributed by atoms with Crippen molar-refractivity contribution < 1.29 is 0 Å². The Morgan fingerprint density at radius 2 is 1.42 bits per heavy atom. The van der Waals surface area contributed by atoms with Crippen LogP contribution in [-0.2, 0) is 12.0 Å². The van der Waals surface area contributed by atoms with Crippen molar-refractivity contribution >= 4 is 24.8 Å². The minimum absolute atomic E-state index is 0. The summed E-state index contributed by atoms with van der Waals surface area (Å²) in [7, 11) is 4.46. The third-order valence-corrected chi connectivity index (χ3v) is 5.67. The highest BCUT2D eigenvalue weighted by Crippen LogP contribution is 2.40. The number of rotatable bonds is 6. The third kappa shape index (κ3) is 5.47. The van der Waals surface area contributed by atoms with E-state index in [1.807, 2.05) is 0 Å². The van der Waals surface area contributed by atoms with Gasteiger partial charge in [0.15, 0.2) is 0 Å². The molecule has 0 aliphatic heterocycles. The first kappa shape index (κ1) is 23.0. The lowest BCUT2D eigenvalue weighted by Gasteiger charge is -2.45. The molecule has 0 heterocycles. The van der Waals surface area contributed by atoms with Crippen LogP contribution in [0.2, 0.25) is 0 Å². The number of hydrogen-bond acceptors (Lipinski definition) is 2. The van der Waals surface area contributed by atoms with Crippen molar-refractivity contribution in [3.8, 4) is 0 Å². The van der Waals surface area contributed by atoms with Crippen LogP contribution in [-0.4, -0.2) is 31.6 Å². The second-order valence-corrected chi connectivity index (χ2v) is 7.26. The summed E-state index contributed by atoms with van der Waals surface area (Å²) < 4.78 is 0. The largest absolute Gasteiger partial charge is 0.314 e. The van der Waals surface area contributed by atoms with Gasteiger partial charge in [-0.2, -0.15) is 0 Å². The van der Waals surface area contributed by atoms with E-state index in [9.17, 15) is 0 Å². The standard InChI is InChI=1S/C22H30N2.2ClH/c1-24(2)22(20-11-7-4-8-12-20)16-13-21(14-17-22)23-18-15-19-9-5-3-6-10-19;;/h3-12,21,23H,13-18H2,1-2H3;2*1H. The van der Waals surface area contributed by atoms with Crippen LogP contribution in [0, 0.1) is 0 Å². The summed E-state index contributed by atoms with van der Waals surface area (Å²) in [5, 5.41) is 3.78. The molecule has 1 N–H and O–H groups in total. The van der Waals surface area contributed by atoms with Crippen LogP contribution in [0.15, 0.2) is 60.7 Å². The fraction of sp³-hybridized carbons (Fsp3) is 0.455. The Kier molecular flexibility index (Phi) is 9.67. The van der Waals surface area contributed by atoms with Crippen molar-refractivity contribution in [3.63, 3.8) is 0 Å². The van der Waals surface area contributed by atoms with Gasteiger partial charge in [-0.1, -0.05) is 60.7 Å². The molecule has 2 aromatic rings. The molecule has 1 saturated carbocycles. The molecular formula is C22H32Cl2N2. The summed E-state index contributed by atoms with van der Waals surface area (Å²) in [5.41, 5.74) is 3.10. The van der Waals surface area contributed by atoms with Crippen LogP contribution < -0.4 is 5.32 Å². The predicted molar refractivity (Wildman–Crippen MR) is 117 cm³/mol. The zero-order chi connectivity index (χ0) is 16.8. The first-order valence-electron chi connectivity index (χ1n) is 9.21. The molecule has 0 radical (unpaired) electrons. The summed E-state index contributed by atoms with van der Waals surface area (Å²) in [5.74, 6) is 0. The number of nitrogens with one attached hydrogen (secondary N) is 1. The fourth-order valence-corrected chi connectivity index (χ4v) is 4.11. The SMILES string of the molecule is CN(C)C1(c2ccccc2)CCC(NCCc2ccccc2)CC1.Cl.Cl. The van der Waals surface area contributed by atoms with E-state index in [1.54, 1.807) is 0 Å². The molecule has 1 aliphatic carbocycles. The molecule has 144 valence electrons. The van der Waals surface area contributed by atoms with Crippen molar-refractivity contribution in [1.82, 2.24) is 10.2 Å². The predicted octanol–water partition coefficient (Wildman–Crippen LogP) is 5.06. The number of benzene rings is 2. The van der Waals surface area contributed by atoms with Gasteiger partial charge < -0.3 is 5.32 Å². The maximum Gasteiger partial charge on any atom is 0.0455 e. The van der Waals surface area contributed by atoms with E-state index < -0.39 is 0 Å². The maximum absolute atomic E-state index is 3.78. The van der Waals surface area contributed by atoms with Gasteiger partial charge in [-0.3, -0.25) is 4.90 Å². The molecule has 0 amide bonds. The minimum Gasteiger partial charge on any atom is -0.314 e. The molecule has 1 fully saturated rings. The van der Waals surface area contributed by atoms with Crippen molar-refractivity contribution in [2.24, 2.45) is 0 Å². The second-order valence-electron chi connectivity index (χ2n) is 7.26. The van der Waals surface area contributed by atoms with Crippen LogP contribution in [0.4, 0.5) is 0 Å². The highest BCUT2D eigenvalue weighted by Gasteiger charge is 2.38. The maximum atomic E-state index is 3.78. The third-order valence-electron chi connectivity index (χ3n) is 5.67. The fourth-order valence-electron chi connectivity index (χ4n) is 4.11. The first-order valence-corrected chi connectivity index (χ1v) is 9.21. The average molecular weight is 395 g/mol. The Morgan fingerprint density at radius 3 is 1.96 bits per heavy atom. The van der Waals surface area contributed by atoms with E-state index in [4.69, 9.17) is 0 Å². The van der Waals surface area contributed by atoms with Crippen molar-refractivity contribution in [2.45, 2.75) is 43.7 Å². The molecular weight excluding hydrogens is 363 g/mol. The Balaban J connectivity index is 0.00000169. The van der Waals surface area contributed by atoms with E-state index in [1.165, 1.54) is 36.8 Å². The Labute approximate surface area is 171 Å². The van der Waals surface area contributed by atoms with Crippen LogP contribution in [0.1, 0.15) is 36.8 Å². The van der Waals surface area contributed by atoms with E-state index in [2.05, 4.69) is 85.0 Å². The Bertz CT molecular complexity index is 609. The van der Waals surface area contributed by atoms with Crippen LogP contribution in [0.5, 0.6) is 0 Å². The summed E-state index contributed by atoms with van der Waals surface area (Å²) in [6.45, 7) is 1.08. The van der Waals surface area contributed by atoms with Gasteiger partial charge >= 0.3 is 0 Å². The number of nitrogens with zero attached hydrogens (tertiary/aromatic N) is 1. The van der Waals surface area contributed by atoms with Gasteiger partial charge in [0.2, 0.25) is 0 Å². The quantitative estimate of drug-likeness (QED) is 0.735. The lowest BCUT2D eigenvalue weighted by atomic mass is 9.74. The second kappa shape index (κ2) is 10.9. The first-order chi connectivity index (χ1) is 11.7. The van der Waals surface area contributed by atoms with Gasteiger partial charge in [-0.15, -0.1) is 24.8 Å². The Hall–Kier alpha value is -1.06. The summed E-state index contributed by atoms with van der Waals surface area (Å²) in [6, 6.07) is 22.5. The Morgan fingerprint density at radius 1 is 0.885 bits per heavy atom. The zero-order valence-electron chi connectivity index (χ0n) is 15.9. The van der Waals surface area contributed by atoms with Gasteiger partial charge in [0.1, 0.15) is 0 Å². The van der Waals surface area contributed by atoms with E-state index >= 15 is 0 Å². The molecule has 0 bridgehead atoms. The molecule has 3 rings (SSSR count). The highest BCUT2D eigenvalue weighted by molar-refractivity contribution is 5.85. The molecule has 2 nitrogen and oxygen atoms in total. The highest BCUT2D eigenvalue weighted by atomic mass is 35.5. The smallest absolute Gasteiger partial charge is 0.0455 e. The molecule has 4 heteroatoms. The van der Waals surface area contributed by atoms with Gasteiger partial charge in [0, 0.05) is 11.6 Å². The molecule has 26 heavy (non-hydrogen) atoms. The molecule has 0 spiro atoms. The van der Waals surface area contributed by atoms with Crippen molar-refractivity contribution in [3.05, 3.63) is 71.8 Å². The van der Waals surface area contributed by atoms with Crippen LogP contribution >= 0.6 is 24.8 Å².